The summed E-state index contributed by atoms with van der Waals surface area (Å²) in [4.78, 5) is 10.6. The minimum Gasteiger partial charge on any atom is -0.396 e. The first-order valence-electron chi connectivity index (χ1n) is 3.21. The Hall–Kier alpha value is 1.79. The van der Waals surface area contributed by atoms with Crippen molar-refractivity contribution in [2.24, 2.45) is 0 Å². The molecular weight excluding hydrogens is 291 g/mol. The number of hydrogen-bond acceptors (Lipinski definition) is 2. The fourth-order valence-corrected chi connectivity index (χ4v) is 1.21. The van der Waals surface area contributed by atoms with Gasteiger partial charge in [-0.25, -0.2) is 0 Å². The summed E-state index contributed by atoms with van der Waals surface area (Å²) in [7, 11) is 3.97. The average molecular weight is 305 g/mol. The highest BCUT2D eigenvalue weighted by Crippen LogP contribution is 2.15. The molecule has 0 fully saturated rings. The highest BCUT2D eigenvalue weighted by atomic mass is 35.7. The molecule has 0 radical (unpaired) electrons. The Bertz CT molecular complexity index is 97.1. The van der Waals surface area contributed by atoms with Gasteiger partial charge < -0.3 is 5.11 Å². The van der Waals surface area contributed by atoms with E-state index in [1.54, 1.807) is 0 Å². The van der Waals surface area contributed by atoms with Gasteiger partial charge in [-0.1, -0.05) is 11.2 Å². The third kappa shape index (κ3) is 24.8. The molecule has 0 aliphatic carbocycles. The standard InChI is InChI=1S/C5H10ClO2P.2ClH2P/c6-9-4-5(8)2-1-3-7;2*1-2/h7,9H,1-4H2;2*2H2. The van der Waals surface area contributed by atoms with Crippen molar-refractivity contribution in [3.05, 3.63) is 0 Å². The van der Waals surface area contributed by atoms with Crippen LogP contribution in [0.4, 0.5) is 0 Å². The third-order valence-corrected chi connectivity index (χ3v) is 1.81. The zero-order valence-corrected chi connectivity index (χ0v) is 12.5. The van der Waals surface area contributed by atoms with Crippen molar-refractivity contribution in [3.63, 3.8) is 0 Å². The van der Waals surface area contributed by atoms with Crippen molar-refractivity contribution >= 4 is 64.6 Å². The van der Waals surface area contributed by atoms with Crippen LogP contribution in [0.1, 0.15) is 12.8 Å². The average Bonchev–Trinajstić information content (AvgIpc) is 2.21. The summed E-state index contributed by atoms with van der Waals surface area (Å²) in [5, 5.41) is 8.30. The van der Waals surface area contributed by atoms with Crippen LogP contribution in [0, 0.1) is 0 Å². The number of carbonyl (C=O) groups excluding carboxylic acids is 1. The van der Waals surface area contributed by atoms with Gasteiger partial charge in [-0.05, 0) is 31.5 Å². The summed E-state index contributed by atoms with van der Waals surface area (Å²) in [5.41, 5.74) is 0. The zero-order chi connectivity index (χ0) is 11.1. The van der Waals surface area contributed by atoms with E-state index in [9.17, 15) is 4.79 Å². The monoisotopic (exact) mass is 304 g/mol. The Balaban J connectivity index is -0.000000218. The topological polar surface area (TPSA) is 37.3 Å². The molecule has 0 aromatic rings. The number of Topliss-reactive ketones (excluding diaryl/α,β-unsaturated/α-hetero) is 1. The lowest BCUT2D eigenvalue weighted by molar-refractivity contribution is -0.116. The fraction of sp³-hybridized carbons (Fsp3) is 0.800. The summed E-state index contributed by atoms with van der Waals surface area (Å²) >= 11 is 14.4. The first kappa shape index (κ1) is 20.2. The third-order valence-electron chi connectivity index (χ3n) is 0.878. The largest absolute Gasteiger partial charge is 0.396 e. The van der Waals surface area contributed by atoms with Gasteiger partial charge in [0, 0.05) is 19.2 Å². The van der Waals surface area contributed by atoms with Crippen molar-refractivity contribution in [1.82, 2.24) is 0 Å². The Morgan fingerprint density at radius 3 is 2.08 bits per heavy atom. The number of carbonyl (C=O) groups is 1. The lowest BCUT2D eigenvalue weighted by atomic mass is 10.2. The molecule has 13 heavy (non-hydrogen) atoms. The van der Waals surface area contributed by atoms with Crippen molar-refractivity contribution < 1.29 is 9.90 Å². The molecule has 0 aromatic carbocycles. The molecule has 1 N–H and O–H groups in total. The van der Waals surface area contributed by atoms with Gasteiger partial charge in [-0.3, -0.25) is 4.79 Å². The molecule has 0 aliphatic rings. The molecule has 0 spiro atoms. The minimum absolute atomic E-state index is 0.0944. The maximum Gasteiger partial charge on any atom is 0.138 e. The Morgan fingerprint density at radius 1 is 1.31 bits per heavy atom. The molecule has 8 heteroatoms. The van der Waals surface area contributed by atoms with Crippen LogP contribution in [0.15, 0.2) is 0 Å². The molecule has 0 amide bonds. The van der Waals surface area contributed by atoms with Gasteiger partial charge in [0.2, 0.25) is 0 Å². The van der Waals surface area contributed by atoms with E-state index in [2.05, 4.69) is 22.5 Å². The zero-order valence-electron chi connectivity index (χ0n) is 6.97. The number of hydrogen-bond donors (Lipinski definition) is 1. The molecule has 3 atom stereocenters. The molecular formula is C5H14Cl3O2P3. The van der Waals surface area contributed by atoms with Crippen LogP contribution in [0.2, 0.25) is 0 Å². The molecule has 0 heterocycles. The molecule has 0 saturated heterocycles. The van der Waals surface area contributed by atoms with E-state index in [4.69, 9.17) is 16.3 Å². The van der Waals surface area contributed by atoms with Crippen LogP contribution >= 0.6 is 58.8 Å². The summed E-state index contributed by atoms with van der Waals surface area (Å²) in [5.74, 6) is 0.150. The van der Waals surface area contributed by atoms with Gasteiger partial charge in [0.05, 0.1) is 0 Å². The second kappa shape index (κ2) is 23.5. The Kier molecular flexibility index (Phi) is 36.6. The van der Waals surface area contributed by atoms with Gasteiger partial charge in [-0.2, -0.15) is 0 Å². The van der Waals surface area contributed by atoms with Gasteiger partial charge in [-0.15, -0.1) is 22.5 Å². The first-order chi connectivity index (χ1) is 6.31. The predicted octanol–water partition coefficient (Wildman–Crippen LogP) is 3.19. The van der Waals surface area contributed by atoms with Crippen LogP contribution in [-0.4, -0.2) is 23.7 Å². The van der Waals surface area contributed by atoms with Crippen molar-refractivity contribution in [2.75, 3.05) is 12.8 Å². The fourth-order valence-electron chi connectivity index (χ4n) is 0.439. The highest BCUT2D eigenvalue weighted by molar-refractivity contribution is 7.69. The van der Waals surface area contributed by atoms with E-state index in [0.717, 1.165) is 0 Å². The lowest BCUT2D eigenvalue weighted by Crippen LogP contribution is -1.99. The van der Waals surface area contributed by atoms with E-state index in [0.29, 0.717) is 19.0 Å². The summed E-state index contributed by atoms with van der Waals surface area (Å²) in [6, 6.07) is 0. The number of rotatable bonds is 5. The maximum absolute atomic E-state index is 10.6. The first-order valence-corrected chi connectivity index (χ1v) is 8.92. The second-order valence-corrected chi connectivity index (χ2v) is 3.10. The molecule has 0 bridgehead atoms. The van der Waals surface area contributed by atoms with E-state index < -0.39 is 0 Å². The summed E-state index contributed by atoms with van der Waals surface area (Å²) in [6.07, 6.45) is 1.50. The van der Waals surface area contributed by atoms with Crippen molar-refractivity contribution in [1.29, 1.82) is 0 Å². The molecule has 3 unspecified atom stereocenters. The normalized spacial score (nSPS) is 8.46. The van der Waals surface area contributed by atoms with E-state index in [1.165, 1.54) is 0 Å². The molecule has 82 valence electrons. The van der Waals surface area contributed by atoms with Crippen LogP contribution < -0.4 is 0 Å². The van der Waals surface area contributed by atoms with Crippen LogP contribution in [-0.2, 0) is 4.79 Å². The lowest BCUT2D eigenvalue weighted by Gasteiger charge is -1.93. The molecule has 0 saturated carbocycles. The number of aliphatic hydroxyl groups is 1. The van der Waals surface area contributed by atoms with Gasteiger partial charge in [0.1, 0.15) is 5.78 Å². The molecule has 0 aliphatic heterocycles. The van der Waals surface area contributed by atoms with Crippen molar-refractivity contribution in [3.8, 4) is 0 Å². The Morgan fingerprint density at radius 2 is 1.77 bits per heavy atom. The number of halogens is 3. The van der Waals surface area contributed by atoms with Crippen LogP contribution in [0.25, 0.3) is 0 Å². The van der Waals surface area contributed by atoms with E-state index in [1.807, 2.05) is 17.2 Å². The highest BCUT2D eigenvalue weighted by Gasteiger charge is 1.98. The van der Waals surface area contributed by atoms with E-state index in [-0.39, 0.29) is 20.3 Å². The van der Waals surface area contributed by atoms with Crippen molar-refractivity contribution in [2.45, 2.75) is 12.8 Å². The van der Waals surface area contributed by atoms with Gasteiger partial charge in [0.15, 0.2) is 0 Å². The van der Waals surface area contributed by atoms with E-state index >= 15 is 0 Å². The van der Waals surface area contributed by atoms with Gasteiger partial charge >= 0.3 is 0 Å². The number of aliphatic hydroxyl groups excluding tert-OH is 1. The molecule has 0 aromatic heterocycles. The summed E-state index contributed by atoms with van der Waals surface area (Å²) in [6.45, 7) is 0.0944. The minimum atomic E-state index is 0.0944. The Labute approximate surface area is 100 Å². The van der Waals surface area contributed by atoms with Crippen LogP contribution in [0.5, 0.6) is 0 Å². The maximum atomic E-state index is 10.6. The van der Waals surface area contributed by atoms with Crippen LogP contribution in [0.3, 0.4) is 0 Å². The molecule has 0 rings (SSSR count). The summed E-state index contributed by atoms with van der Waals surface area (Å²) < 4.78 is 0. The SMILES string of the molecule is O=C(CCCO)CPCl.PCl.PCl. The quantitative estimate of drug-likeness (QED) is 0.792. The number of ketones is 1. The predicted molar refractivity (Wildman–Crippen MR) is 71.5 cm³/mol. The molecule has 2 nitrogen and oxygen atoms in total. The second-order valence-electron chi connectivity index (χ2n) is 1.68. The smallest absolute Gasteiger partial charge is 0.138 e. The van der Waals surface area contributed by atoms with Gasteiger partial charge in [0.25, 0.3) is 0 Å².